The van der Waals surface area contributed by atoms with Gasteiger partial charge in [-0.05, 0) is 41.9 Å². The first-order valence-electron chi connectivity index (χ1n) is 13.3. The van der Waals surface area contributed by atoms with Crippen molar-refractivity contribution >= 4 is 17.8 Å². The standard InChI is InChI=1S/C32H36N2O4/c1-23(2)22-27(29(35)34-21-13-20-28(34)30(36)38-3)33-31(37)32(24-14-7-4-8-15-24,25-16-9-5-10-17-25)26-18-11-6-12-19-26/h4-12,14-19,23,27-28H,13,20-22H2,1-3H3,(H,33,37)/t27-,28-/m0/s1. The summed E-state index contributed by atoms with van der Waals surface area (Å²) in [7, 11) is 1.34. The molecule has 1 saturated heterocycles. The number of rotatable bonds is 9. The molecule has 0 radical (unpaired) electrons. The van der Waals surface area contributed by atoms with Gasteiger partial charge < -0.3 is 15.0 Å². The van der Waals surface area contributed by atoms with Crippen LogP contribution in [0.25, 0.3) is 0 Å². The number of nitrogens with one attached hydrogen (secondary N) is 1. The van der Waals surface area contributed by atoms with Crippen molar-refractivity contribution in [2.75, 3.05) is 13.7 Å². The topological polar surface area (TPSA) is 75.7 Å². The van der Waals surface area contributed by atoms with E-state index in [0.717, 1.165) is 23.1 Å². The fourth-order valence-corrected chi connectivity index (χ4v) is 5.53. The van der Waals surface area contributed by atoms with E-state index in [2.05, 4.69) is 5.32 Å². The third-order valence-electron chi connectivity index (χ3n) is 7.28. The highest BCUT2D eigenvalue weighted by molar-refractivity contribution is 5.99. The van der Waals surface area contributed by atoms with Gasteiger partial charge in [0.15, 0.2) is 0 Å². The lowest BCUT2D eigenvalue weighted by Gasteiger charge is -2.37. The number of hydrogen-bond acceptors (Lipinski definition) is 4. The lowest BCUT2D eigenvalue weighted by atomic mass is 9.68. The SMILES string of the molecule is COC(=O)[C@@H]1CCCN1C(=O)[C@H](CC(C)C)NC(=O)C(c1ccccc1)(c1ccccc1)c1ccccc1. The van der Waals surface area contributed by atoms with E-state index in [4.69, 9.17) is 4.74 Å². The summed E-state index contributed by atoms with van der Waals surface area (Å²) in [5, 5.41) is 3.16. The third-order valence-corrected chi connectivity index (χ3v) is 7.28. The van der Waals surface area contributed by atoms with E-state index >= 15 is 0 Å². The normalized spacial score (nSPS) is 16.2. The molecule has 6 heteroatoms. The highest BCUT2D eigenvalue weighted by Crippen LogP contribution is 2.40. The molecule has 0 saturated carbocycles. The number of esters is 1. The molecule has 2 atom stereocenters. The van der Waals surface area contributed by atoms with E-state index < -0.39 is 23.5 Å². The molecule has 198 valence electrons. The number of hydrogen-bond donors (Lipinski definition) is 1. The Labute approximate surface area is 225 Å². The first-order valence-corrected chi connectivity index (χ1v) is 13.3. The molecule has 0 bridgehead atoms. The van der Waals surface area contributed by atoms with Crippen LogP contribution in [0.4, 0.5) is 0 Å². The monoisotopic (exact) mass is 512 g/mol. The summed E-state index contributed by atoms with van der Waals surface area (Å²) in [6, 6.07) is 27.6. The third kappa shape index (κ3) is 5.35. The van der Waals surface area contributed by atoms with E-state index in [9.17, 15) is 14.4 Å². The van der Waals surface area contributed by atoms with E-state index in [1.165, 1.54) is 7.11 Å². The highest BCUT2D eigenvalue weighted by atomic mass is 16.5. The average Bonchev–Trinajstić information content (AvgIpc) is 3.44. The van der Waals surface area contributed by atoms with Crippen LogP contribution in [0, 0.1) is 5.92 Å². The molecule has 0 aliphatic carbocycles. The van der Waals surface area contributed by atoms with Crippen LogP contribution < -0.4 is 5.32 Å². The van der Waals surface area contributed by atoms with Crippen molar-refractivity contribution < 1.29 is 19.1 Å². The van der Waals surface area contributed by atoms with Gasteiger partial charge >= 0.3 is 5.97 Å². The Morgan fingerprint density at radius 3 is 1.76 bits per heavy atom. The molecule has 0 unspecified atom stereocenters. The van der Waals surface area contributed by atoms with Crippen LogP contribution in [0.5, 0.6) is 0 Å². The Kier molecular flexibility index (Phi) is 8.62. The minimum atomic E-state index is -1.19. The minimum Gasteiger partial charge on any atom is -0.467 e. The number of amides is 2. The molecular weight excluding hydrogens is 476 g/mol. The fraction of sp³-hybridized carbons (Fsp3) is 0.344. The van der Waals surface area contributed by atoms with Gasteiger partial charge in [-0.25, -0.2) is 4.79 Å². The maximum atomic E-state index is 14.7. The zero-order valence-corrected chi connectivity index (χ0v) is 22.3. The molecule has 6 nitrogen and oxygen atoms in total. The van der Waals surface area contributed by atoms with E-state index in [-0.39, 0.29) is 17.7 Å². The molecule has 1 aliphatic rings. The smallest absolute Gasteiger partial charge is 0.328 e. The van der Waals surface area contributed by atoms with Gasteiger partial charge in [-0.2, -0.15) is 0 Å². The molecule has 3 aromatic carbocycles. The van der Waals surface area contributed by atoms with Crippen LogP contribution in [0.2, 0.25) is 0 Å². The Balaban J connectivity index is 1.81. The lowest BCUT2D eigenvalue weighted by molar-refractivity contribution is -0.152. The molecule has 1 N–H and O–H groups in total. The molecule has 4 rings (SSSR count). The number of benzene rings is 3. The summed E-state index contributed by atoms with van der Waals surface area (Å²) in [6.45, 7) is 4.50. The molecule has 1 aliphatic heterocycles. The van der Waals surface area contributed by atoms with Crippen molar-refractivity contribution in [2.45, 2.75) is 50.6 Å². The van der Waals surface area contributed by atoms with Crippen LogP contribution in [0.15, 0.2) is 91.0 Å². The van der Waals surface area contributed by atoms with Crippen LogP contribution >= 0.6 is 0 Å². The van der Waals surface area contributed by atoms with Gasteiger partial charge in [0.25, 0.3) is 0 Å². The van der Waals surface area contributed by atoms with Crippen molar-refractivity contribution in [3.05, 3.63) is 108 Å². The van der Waals surface area contributed by atoms with Crippen LogP contribution in [0.1, 0.15) is 49.8 Å². The minimum absolute atomic E-state index is 0.142. The Morgan fingerprint density at radius 2 is 1.34 bits per heavy atom. The molecule has 2 amide bonds. The van der Waals surface area contributed by atoms with Crippen molar-refractivity contribution in [1.82, 2.24) is 10.2 Å². The second kappa shape index (κ2) is 12.1. The predicted molar refractivity (Wildman–Crippen MR) is 147 cm³/mol. The second-order valence-electron chi connectivity index (χ2n) is 10.2. The van der Waals surface area contributed by atoms with Gasteiger partial charge in [-0.3, -0.25) is 9.59 Å². The largest absolute Gasteiger partial charge is 0.467 e. The fourth-order valence-electron chi connectivity index (χ4n) is 5.53. The molecule has 3 aromatic rings. The summed E-state index contributed by atoms with van der Waals surface area (Å²) < 4.78 is 4.96. The quantitative estimate of drug-likeness (QED) is 0.333. The van der Waals surface area contributed by atoms with Crippen molar-refractivity contribution in [2.24, 2.45) is 5.92 Å². The molecule has 0 spiro atoms. The van der Waals surface area contributed by atoms with Gasteiger partial charge in [0.1, 0.15) is 17.5 Å². The molecule has 1 fully saturated rings. The van der Waals surface area contributed by atoms with Crippen molar-refractivity contribution in [1.29, 1.82) is 0 Å². The number of carbonyl (C=O) groups is 3. The Hall–Kier alpha value is -3.93. The van der Waals surface area contributed by atoms with Gasteiger partial charge in [0.2, 0.25) is 11.8 Å². The molecule has 38 heavy (non-hydrogen) atoms. The average molecular weight is 513 g/mol. The molecular formula is C32H36N2O4. The first kappa shape index (κ1) is 27.1. The van der Waals surface area contributed by atoms with Crippen molar-refractivity contribution in [3.63, 3.8) is 0 Å². The Morgan fingerprint density at radius 1 is 0.868 bits per heavy atom. The van der Waals surface area contributed by atoms with Crippen molar-refractivity contribution in [3.8, 4) is 0 Å². The van der Waals surface area contributed by atoms with Crippen LogP contribution in [0.3, 0.4) is 0 Å². The number of ether oxygens (including phenoxy) is 1. The van der Waals surface area contributed by atoms with E-state index in [1.54, 1.807) is 4.90 Å². The summed E-state index contributed by atoms with van der Waals surface area (Å²) >= 11 is 0. The Bertz CT molecular complexity index is 1130. The molecule has 1 heterocycles. The van der Waals surface area contributed by atoms with Gasteiger partial charge in [0, 0.05) is 6.54 Å². The van der Waals surface area contributed by atoms with Crippen LogP contribution in [-0.2, 0) is 24.5 Å². The molecule has 0 aromatic heterocycles. The number of carbonyl (C=O) groups excluding carboxylic acids is 3. The number of likely N-dealkylation sites (tertiary alicyclic amines) is 1. The number of methoxy groups -OCH3 is 1. The summed E-state index contributed by atoms with van der Waals surface area (Å²) in [5.41, 5.74) is 1.23. The van der Waals surface area contributed by atoms with Crippen LogP contribution in [-0.4, -0.2) is 48.4 Å². The maximum Gasteiger partial charge on any atom is 0.328 e. The summed E-state index contributed by atoms with van der Waals surface area (Å²) in [5.74, 6) is -0.808. The van der Waals surface area contributed by atoms with Gasteiger partial charge in [-0.1, -0.05) is 105 Å². The highest BCUT2D eigenvalue weighted by Gasteiger charge is 2.46. The summed E-state index contributed by atoms with van der Waals surface area (Å²) in [6.07, 6.45) is 1.72. The maximum absolute atomic E-state index is 14.7. The van der Waals surface area contributed by atoms with E-state index in [1.807, 2.05) is 105 Å². The second-order valence-corrected chi connectivity index (χ2v) is 10.2. The summed E-state index contributed by atoms with van der Waals surface area (Å²) in [4.78, 5) is 42.5. The first-order chi connectivity index (χ1) is 18.4. The predicted octanol–water partition coefficient (Wildman–Crippen LogP) is 4.72. The van der Waals surface area contributed by atoms with Gasteiger partial charge in [0.05, 0.1) is 7.11 Å². The zero-order valence-electron chi connectivity index (χ0n) is 22.3. The van der Waals surface area contributed by atoms with Gasteiger partial charge in [-0.15, -0.1) is 0 Å². The van der Waals surface area contributed by atoms with E-state index in [0.29, 0.717) is 19.4 Å². The lowest BCUT2D eigenvalue weighted by Crippen LogP contribution is -2.56. The zero-order chi connectivity index (χ0) is 27.1. The number of nitrogens with zero attached hydrogens (tertiary/aromatic N) is 1.